The Morgan fingerprint density at radius 2 is 2.38 bits per heavy atom. The summed E-state index contributed by atoms with van der Waals surface area (Å²) in [4.78, 5) is 5.23. The minimum Gasteiger partial charge on any atom is -0.406 e. The van der Waals surface area contributed by atoms with Crippen molar-refractivity contribution in [1.82, 2.24) is 10.5 Å². The Hall–Kier alpha value is -0.715. The van der Waals surface area contributed by atoms with E-state index in [1.165, 1.54) is 12.4 Å². The standard InChI is InChI=1S/C2H5BN2O3/c6-3(7)5-2-1-4-8-5/h1-2,4,6-7H. The van der Waals surface area contributed by atoms with Crippen molar-refractivity contribution >= 4 is 7.25 Å². The minimum atomic E-state index is -1.60. The molecule has 0 aromatic carbocycles. The molecule has 0 aromatic heterocycles. The Balaban J connectivity index is 2.36. The van der Waals surface area contributed by atoms with Crippen molar-refractivity contribution in [1.29, 1.82) is 0 Å². The highest BCUT2D eigenvalue weighted by Gasteiger charge is 2.20. The van der Waals surface area contributed by atoms with Gasteiger partial charge in [-0.05, 0) is 0 Å². The molecule has 0 amide bonds. The lowest BCUT2D eigenvalue weighted by molar-refractivity contribution is -0.101. The molecule has 1 heterocycles. The molecule has 0 radical (unpaired) electrons. The lowest BCUT2D eigenvalue weighted by Crippen LogP contribution is -2.34. The van der Waals surface area contributed by atoms with Gasteiger partial charge in [-0.25, -0.2) is 10.5 Å². The van der Waals surface area contributed by atoms with E-state index in [2.05, 4.69) is 10.4 Å². The van der Waals surface area contributed by atoms with Gasteiger partial charge in [0.25, 0.3) is 0 Å². The fourth-order valence-corrected chi connectivity index (χ4v) is 0.350. The topological polar surface area (TPSA) is 65.0 Å². The van der Waals surface area contributed by atoms with E-state index in [-0.39, 0.29) is 0 Å². The highest BCUT2D eigenvalue weighted by molar-refractivity contribution is 6.37. The van der Waals surface area contributed by atoms with Gasteiger partial charge in [0.1, 0.15) is 0 Å². The zero-order chi connectivity index (χ0) is 5.98. The third kappa shape index (κ3) is 0.917. The van der Waals surface area contributed by atoms with Crippen molar-refractivity contribution in [2.24, 2.45) is 0 Å². The first-order valence-electron chi connectivity index (χ1n) is 2.04. The van der Waals surface area contributed by atoms with Crippen LogP contribution in [0.2, 0.25) is 0 Å². The SMILES string of the molecule is OB(O)N1C=CNO1. The van der Waals surface area contributed by atoms with E-state index in [4.69, 9.17) is 10.0 Å². The van der Waals surface area contributed by atoms with Gasteiger partial charge < -0.3 is 10.0 Å². The molecule has 0 bridgehead atoms. The van der Waals surface area contributed by atoms with E-state index in [9.17, 15) is 0 Å². The molecular weight excluding hydrogens is 111 g/mol. The summed E-state index contributed by atoms with van der Waals surface area (Å²) < 4.78 is 0. The highest BCUT2D eigenvalue weighted by atomic mass is 16.8. The molecule has 1 aliphatic rings. The van der Waals surface area contributed by atoms with Gasteiger partial charge in [0.15, 0.2) is 0 Å². The zero-order valence-electron chi connectivity index (χ0n) is 3.98. The van der Waals surface area contributed by atoms with Crippen molar-refractivity contribution < 1.29 is 15.0 Å². The number of hydrogen-bond donors (Lipinski definition) is 3. The van der Waals surface area contributed by atoms with Gasteiger partial charge in [-0.3, -0.25) is 0 Å². The summed E-state index contributed by atoms with van der Waals surface area (Å²) in [6.07, 6.45) is 2.78. The molecular formula is C2H5BN2O3. The van der Waals surface area contributed by atoms with Gasteiger partial charge in [-0.15, -0.1) is 0 Å². The molecule has 0 spiro atoms. The second-order valence-electron chi connectivity index (χ2n) is 1.23. The predicted octanol–water partition coefficient (Wildman–Crippen LogP) is -1.82. The highest BCUT2D eigenvalue weighted by Crippen LogP contribution is 1.94. The van der Waals surface area contributed by atoms with Gasteiger partial charge in [0.05, 0.1) is 0 Å². The maximum atomic E-state index is 8.32. The van der Waals surface area contributed by atoms with Crippen LogP contribution in [0, 0.1) is 0 Å². The van der Waals surface area contributed by atoms with Gasteiger partial charge in [0, 0.05) is 12.4 Å². The quantitative estimate of drug-likeness (QED) is 0.352. The van der Waals surface area contributed by atoms with Crippen LogP contribution in [0.3, 0.4) is 0 Å². The Morgan fingerprint density at radius 1 is 1.62 bits per heavy atom. The van der Waals surface area contributed by atoms with E-state index in [0.29, 0.717) is 0 Å². The molecule has 3 N–H and O–H groups in total. The molecule has 0 aromatic rings. The number of nitrogens with one attached hydrogen (secondary N) is 1. The maximum absolute atomic E-state index is 8.32. The van der Waals surface area contributed by atoms with E-state index in [1.807, 2.05) is 0 Å². The lowest BCUT2D eigenvalue weighted by Gasteiger charge is -2.08. The van der Waals surface area contributed by atoms with Gasteiger partial charge >= 0.3 is 7.25 Å². The van der Waals surface area contributed by atoms with Crippen LogP contribution in [-0.4, -0.2) is 22.3 Å². The van der Waals surface area contributed by atoms with Gasteiger partial charge in [0.2, 0.25) is 0 Å². The Kier molecular flexibility index (Phi) is 1.38. The molecule has 1 rings (SSSR count). The molecule has 0 saturated heterocycles. The van der Waals surface area contributed by atoms with Crippen LogP contribution in [-0.2, 0) is 4.94 Å². The summed E-state index contributed by atoms with van der Waals surface area (Å²) in [6.45, 7) is 0. The molecule has 0 saturated carbocycles. The Labute approximate surface area is 46.2 Å². The molecule has 0 unspecified atom stereocenters. The molecule has 44 valence electrons. The molecule has 8 heavy (non-hydrogen) atoms. The minimum absolute atomic E-state index is 0.847. The Bertz CT molecular complexity index is 105. The molecule has 5 nitrogen and oxygen atoms in total. The van der Waals surface area contributed by atoms with Crippen molar-refractivity contribution in [3.63, 3.8) is 0 Å². The van der Waals surface area contributed by atoms with Crippen molar-refractivity contribution in [3.05, 3.63) is 12.4 Å². The molecule has 0 aliphatic carbocycles. The first kappa shape index (κ1) is 5.42. The second kappa shape index (κ2) is 2.04. The van der Waals surface area contributed by atoms with Crippen LogP contribution in [0.5, 0.6) is 0 Å². The molecule has 0 atom stereocenters. The van der Waals surface area contributed by atoms with Crippen LogP contribution in [0.15, 0.2) is 12.4 Å². The number of hydroxylamine groups is 2. The lowest BCUT2D eigenvalue weighted by atomic mass is 10.1. The molecule has 6 heteroatoms. The summed E-state index contributed by atoms with van der Waals surface area (Å²) in [6, 6.07) is 0. The van der Waals surface area contributed by atoms with Crippen LogP contribution >= 0.6 is 0 Å². The number of nitrogens with zero attached hydrogens (tertiary/aromatic N) is 1. The fraction of sp³-hybridized carbons (Fsp3) is 0. The summed E-state index contributed by atoms with van der Waals surface area (Å²) in [5.41, 5.74) is 2.28. The van der Waals surface area contributed by atoms with Gasteiger partial charge in [-0.1, -0.05) is 0 Å². The molecule has 1 aliphatic heterocycles. The largest absolute Gasteiger partial charge is 0.615 e. The smallest absolute Gasteiger partial charge is 0.406 e. The van der Waals surface area contributed by atoms with Crippen molar-refractivity contribution in [2.75, 3.05) is 0 Å². The average Bonchev–Trinajstić information content (AvgIpc) is 2.12. The number of hydrogen-bond acceptors (Lipinski definition) is 5. The molecule has 0 fully saturated rings. The zero-order valence-corrected chi connectivity index (χ0v) is 3.98. The maximum Gasteiger partial charge on any atom is 0.615 e. The van der Waals surface area contributed by atoms with Crippen molar-refractivity contribution in [2.45, 2.75) is 0 Å². The normalized spacial score (nSPS) is 16.5. The average molecular weight is 116 g/mol. The third-order valence-electron chi connectivity index (χ3n) is 0.675. The van der Waals surface area contributed by atoms with E-state index < -0.39 is 7.25 Å². The first-order valence-corrected chi connectivity index (χ1v) is 2.04. The van der Waals surface area contributed by atoms with Crippen LogP contribution in [0.1, 0.15) is 0 Å². The Morgan fingerprint density at radius 3 is 2.62 bits per heavy atom. The van der Waals surface area contributed by atoms with E-state index in [0.717, 1.165) is 4.97 Å². The van der Waals surface area contributed by atoms with Crippen molar-refractivity contribution in [3.8, 4) is 0 Å². The third-order valence-corrected chi connectivity index (χ3v) is 0.675. The number of rotatable bonds is 1. The summed E-state index contributed by atoms with van der Waals surface area (Å²) in [7, 11) is -1.60. The monoisotopic (exact) mass is 116 g/mol. The first-order chi connectivity index (χ1) is 3.80. The van der Waals surface area contributed by atoms with Crippen LogP contribution < -0.4 is 5.48 Å². The fourth-order valence-electron chi connectivity index (χ4n) is 0.350. The van der Waals surface area contributed by atoms with E-state index >= 15 is 0 Å². The predicted molar refractivity (Wildman–Crippen MR) is 25.4 cm³/mol. The van der Waals surface area contributed by atoms with Crippen LogP contribution in [0.25, 0.3) is 0 Å². The van der Waals surface area contributed by atoms with E-state index in [1.54, 1.807) is 0 Å². The van der Waals surface area contributed by atoms with Gasteiger partial charge in [-0.2, -0.15) is 4.94 Å². The summed E-state index contributed by atoms with van der Waals surface area (Å²) >= 11 is 0. The summed E-state index contributed by atoms with van der Waals surface area (Å²) in [5.74, 6) is 0. The van der Waals surface area contributed by atoms with Crippen LogP contribution in [0.4, 0.5) is 0 Å². The summed E-state index contributed by atoms with van der Waals surface area (Å²) in [5, 5.41) is 16.6. The second-order valence-corrected chi connectivity index (χ2v) is 1.23.